The molecular formula is C40H32N6. The van der Waals surface area contributed by atoms with Crippen LogP contribution in [0.5, 0.6) is 0 Å². The Morgan fingerprint density at radius 3 is 2.02 bits per heavy atom. The maximum absolute atomic E-state index is 4.73. The number of hydrogen-bond donors (Lipinski definition) is 1. The van der Waals surface area contributed by atoms with Crippen LogP contribution in [0.3, 0.4) is 0 Å². The van der Waals surface area contributed by atoms with Crippen molar-refractivity contribution in [1.29, 1.82) is 0 Å². The molecule has 0 aliphatic rings. The van der Waals surface area contributed by atoms with E-state index in [0.29, 0.717) is 6.54 Å². The number of hydrogen-bond acceptors (Lipinski definition) is 4. The molecule has 0 saturated heterocycles. The summed E-state index contributed by atoms with van der Waals surface area (Å²) in [5.41, 5.74) is 9.88. The number of nitrogens with zero attached hydrogens (tertiary/aromatic N) is 5. The zero-order valence-corrected chi connectivity index (χ0v) is 25.5. The quantitative estimate of drug-likeness (QED) is 0.179. The van der Waals surface area contributed by atoms with Crippen molar-refractivity contribution >= 4 is 27.6 Å². The maximum Gasteiger partial charge on any atom is 0.121 e. The van der Waals surface area contributed by atoms with Crippen LogP contribution in [0.25, 0.3) is 33.1 Å². The van der Waals surface area contributed by atoms with Crippen molar-refractivity contribution in [2.45, 2.75) is 12.1 Å². The Bertz CT molecular complexity index is 2170. The fourth-order valence-corrected chi connectivity index (χ4v) is 6.73. The monoisotopic (exact) mass is 596 g/mol. The zero-order valence-electron chi connectivity index (χ0n) is 25.5. The van der Waals surface area contributed by atoms with Gasteiger partial charge in [-0.2, -0.15) is 0 Å². The normalized spacial score (nSPS) is 11.7. The van der Waals surface area contributed by atoms with Gasteiger partial charge in [-0.1, -0.05) is 103 Å². The van der Waals surface area contributed by atoms with Crippen molar-refractivity contribution in [3.05, 3.63) is 181 Å². The molecule has 3 aromatic heterocycles. The number of fused-ring (bicyclic) bond motifs is 2. The first-order valence-electron chi connectivity index (χ1n) is 15.4. The van der Waals surface area contributed by atoms with Crippen LogP contribution in [0, 0.1) is 0 Å². The van der Waals surface area contributed by atoms with Gasteiger partial charge in [0.05, 0.1) is 29.6 Å². The van der Waals surface area contributed by atoms with E-state index in [9.17, 15) is 0 Å². The molecule has 0 spiro atoms. The Morgan fingerprint density at radius 1 is 0.696 bits per heavy atom. The molecule has 0 fully saturated rings. The Morgan fingerprint density at radius 2 is 1.35 bits per heavy atom. The topological polar surface area (TPSA) is 60.6 Å². The third-order valence-electron chi connectivity index (χ3n) is 8.90. The first kappa shape index (κ1) is 27.5. The largest absolute Gasteiger partial charge is 0.379 e. The molecule has 8 rings (SSSR count). The number of aromatic nitrogens is 5. The summed E-state index contributed by atoms with van der Waals surface area (Å²) in [4.78, 5) is 14.2. The van der Waals surface area contributed by atoms with Crippen LogP contribution in [0.2, 0.25) is 0 Å². The molecule has 222 valence electrons. The van der Waals surface area contributed by atoms with Gasteiger partial charge in [0.2, 0.25) is 0 Å². The van der Waals surface area contributed by atoms with E-state index in [-0.39, 0.29) is 0 Å². The lowest BCUT2D eigenvalue weighted by molar-refractivity contribution is 0.498. The van der Waals surface area contributed by atoms with Gasteiger partial charge in [0, 0.05) is 48.6 Å². The number of benzene rings is 5. The fourth-order valence-electron chi connectivity index (χ4n) is 6.73. The molecule has 46 heavy (non-hydrogen) atoms. The van der Waals surface area contributed by atoms with Crippen molar-refractivity contribution in [2.75, 3.05) is 5.32 Å². The molecule has 6 heteroatoms. The Kier molecular flexibility index (Phi) is 6.88. The van der Waals surface area contributed by atoms with Gasteiger partial charge in [-0.3, -0.25) is 9.97 Å². The smallest absolute Gasteiger partial charge is 0.121 e. The van der Waals surface area contributed by atoms with Crippen LogP contribution >= 0.6 is 0 Å². The van der Waals surface area contributed by atoms with Crippen LogP contribution in [-0.2, 0) is 19.1 Å². The molecule has 0 amide bonds. The third-order valence-corrected chi connectivity index (χ3v) is 8.90. The molecule has 0 unspecified atom stereocenters. The molecule has 0 atom stereocenters. The minimum Gasteiger partial charge on any atom is -0.379 e. The lowest BCUT2D eigenvalue weighted by Gasteiger charge is -2.38. The number of imidazole rings is 1. The van der Waals surface area contributed by atoms with E-state index in [2.05, 4.69) is 155 Å². The number of nitrogens with one attached hydrogen (secondary N) is 1. The number of rotatable bonds is 8. The summed E-state index contributed by atoms with van der Waals surface area (Å²) in [6.45, 7) is 0.552. The molecule has 0 bridgehead atoms. The molecule has 1 N–H and O–H groups in total. The van der Waals surface area contributed by atoms with Gasteiger partial charge in [-0.05, 0) is 51.9 Å². The number of aryl methyl sites for hydroxylation is 1. The lowest BCUT2D eigenvalue weighted by atomic mass is 9.76. The number of anilines is 1. The van der Waals surface area contributed by atoms with E-state index in [1.165, 1.54) is 10.9 Å². The first-order chi connectivity index (χ1) is 22.7. The second-order valence-electron chi connectivity index (χ2n) is 11.6. The van der Waals surface area contributed by atoms with Gasteiger partial charge in [-0.15, -0.1) is 0 Å². The molecule has 0 saturated carbocycles. The minimum atomic E-state index is -0.637. The standard InChI is InChI=1S/C40H32N6/c1-45-22-19-29-17-18-30(23-38(29)45)36-24-34(25-37-39(36)43-21-20-42-37)44-27-35-26-41-28-46(35)40(31-11-5-2-6-12-31,32-13-7-3-8-14-32)33-15-9-4-10-16-33/h2-26,28,44H,27H2,1H3. The summed E-state index contributed by atoms with van der Waals surface area (Å²) in [7, 11) is 2.07. The second kappa shape index (κ2) is 11.5. The zero-order chi connectivity index (χ0) is 30.9. The van der Waals surface area contributed by atoms with Crippen LogP contribution in [-0.4, -0.2) is 24.1 Å². The van der Waals surface area contributed by atoms with Gasteiger partial charge in [0.1, 0.15) is 5.54 Å². The van der Waals surface area contributed by atoms with Gasteiger partial charge in [0.25, 0.3) is 0 Å². The Balaban J connectivity index is 1.24. The third kappa shape index (κ3) is 4.63. The minimum absolute atomic E-state index is 0.552. The first-order valence-corrected chi connectivity index (χ1v) is 15.4. The molecule has 3 heterocycles. The van der Waals surface area contributed by atoms with Gasteiger partial charge >= 0.3 is 0 Å². The predicted octanol–water partition coefficient (Wildman–Crippen LogP) is 8.44. The Labute approximate surface area is 267 Å². The van der Waals surface area contributed by atoms with Crippen molar-refractivity contribution in [1.82, 2.24) is 24.1 Å². The van der Waals surface area contributed by atoms with Crippen LogP contribution < -0.4 is 5.32 Å². The van der Waals surface area contributed by atoms with Gasteiger partial charge < -0.3 is 14.5 Å². The average molecular weight is 597 g/mol. The SMILES string of the molecule is Cn1ccc2ccc(-c3cc(NCc4cncn4C(c4ccccc4)(c4ccccc4)c4ccccc4)cc4nccnc34)cc21. The van der Waals surface area contributed by atoms with Crippen LogP contribution in [0.15, 0.2) is 159 Å². The maximum atomic E-state index is 4.73. The lowest BCUT2D eigenvalue weighted by Crippen LogP contribution is -2.38. The van der Waals surface area contributed by atoms with Gasteiger partial charge in [0.15, 0.2) is 0 Å². The highest BCUT2D eigenvalue weighted by atomic mass is 15.1. The molecule has 0 aliphatic carbocycles. The van der Waals surface area contributed by atoms with Crippen molar-refractivity contribution in [3.63, 3.8) is 0 Å². The van der Waals surface area contributed by atoms with Crippen LogP contribution in [0.1, 0.15) is 22.4 Å². The predicted molar refractivity (Wildman–Crippen MR) is 186 cm³/mol. The summed E-state index contributed by atoms with van der Waals surface area (Å²) in [5.74, 6) is 0. The van der Waals surface area contributed by atoms with Crippen molar-refractivity contribution < 1.29 is 0 Å². The van der Waals surface area contributed by atoms with Crippen molar-refractivity contribution in [3.8, 4) is 11.1 Å². The summed E-state index contributed by atoms with van der Waals surface area (Å²) in [6.07, 6.45) is 9.51. The second-order valence-corrected chi connectivity index (χ2v) is 11.6. The molecule has 0 aliphatic heterocycles. The molecule has 8 aromatic rings. The molecule has 0 radical (unpaired) electrons. The van der Waals surface area contributed by atoms with E-state index in [0.717, 1.165) is 50.2 Å². The van der Waals surface area contributed by atoms with Crippen molar-refractivity contribution in [2.24, 2.45) is 7.05 Å². The van der Waals surface area contributed by atoms with Crippen LogP contribution in [0.4, 0.5) is 5.69 Å². The average Bonchev–Trinajstić information content (AvgIpc) is 3.75. The summed E-state index contributed by atoms with van der Waals surface area (Å²) >= 11 is 0. The highest BCUT2D eigenvalue weighted by Gasteiger charge is 2.39. The van der Waals surface area contributed by atoms with E-state index in [1.54, 1.807) is 12.4 Å². The van der Waals surface area contributed by atoms with E-state index >= 15 is 0 Å². The molecule has 5 aromatic carbocycles. The van der Waals surface area contributed by atoms with E-state index in [1.807, 2.05) is 12.5 Å². The highest BCUT2D eigenvalue weighted by Crippen LogP contribution is 2.42. The molecular weight excluding hydrogens is 564 g/mol. The Hall–Kier alpha value is -6.01. The highest BCUT2D eigenvalue weighted by molar-refractivity contribution is 5.97. The van der Waals surface area contributed by atoms with E-state index in [4.69, 9.17) is 15.0 Å². The summed E-state index contributed by atoms with van der Waals surface area (Å²) in [5, 5.41) is 4.94. The molecule has 6 nitrogen and oxygen atoms in total. The fraction of sp³-hybridized carbons (Fsp3) is 0.0750. The summed E-state index contributed by atoms with van der Waals surface area (Å²) < 4.78 is 4.46. The van der Waals surface area contributed by atoms with Gasteiger partial charge in [-0.25, -0.2) is 4.98 Å². The van der Waals surface area contributed by atoms with E-state index < -0.39 is 5.54 Å². The summed E-state index contributed by atoms with van der Waals surface area (Å²) in [6, 6.07) is 45.0.